The minimum Gasteiger partial charge on any atom is -0.454 e. The van der Waals surface area contributed by atoms with Crippen molar-refractivity contribution in [2.75, 3.05) is 49.3 Å². The summed E-state index contributed by atoms with van der Waals surface area (Å²) in [5, 5.41) is 0. The van der Waals surface area contributed by atoms with Crippen LogP contribution in [0.25, 0.3) is 0 Å². The second kappa shape index (κ2) is 8.16. The highest BCUT2D eigenvalue weighted by molar-refractivity contribution is 7.89. The van der Waals surface area contributed by atoms with Gasteiger partial charge in [-0.15, -0.1) is 0 Å². The quantitative estimate of drug-likeness (QED) is 0.707. The molecule has 0 aliphatic carbocycles. The molecule has 2 fully saturated rings. The summed E-state index contributed by atoms with van der Waals surface area (Å²) in [6.07, 6.45) is 7.28. The predicted octanol–water partition coefficient (Wildman–Crippen LogP) is 2.09. The number of fused-ring (bicyclic) bond motifs is 1. The number of aromatic nitrogens is 2. The van der Waals surface area contributed by atoms with Crippen LogP contribution in [0.15, 0.2) is 35.5 Å². The van der Waals surface area contributed by atoms with E-state index in [1.165, 1.54) is 29.6 Å². The zero-order valence-corrected chi connectivity index (χ0v) is 18.4. The number of sulfonamides is 1. The molecule has 0 radical (unpaired) electrons. The lowest BCUT2D eigenvalue weighted by Crippen LogP contribution is -2.49. The largest absolute Gasteiger partial charge is 0.454 e. The maximum Gasteiger partial charge on any atom is 0.243 e. The van der Waals surface area contributed by atoms with Gasteiger partial charge in [0.15, 0.2) is 11.5 Å². The molecule has 0 N–H and O–H groups in total. The fraction of sp³-hybridized carbons (Fsp3) is 0.524. The van der Waals surface area contributed by atoms with Gasteiger partial charge in [-0.3, -0.25) is 0 Å². The lowest BCUT2D eigenvalue weighted by molar-refractivity contribution is 0.174. The van der Waals surface area contributed by atoms with Gasteiger partial charge in [-0.1, -0.05) is 0 Å². The van der Waals surface area contributed by atoms with Gasteiger partial charge in [0, 0.05) is 44.8 Å². The highest BCUT2D eigenvalue weighted by Crippen LogP contribution is 2.35. The summed E-state index contributed by atoms with van der Waals surface area (Å²) >= 11 is 0. The molecule has 0 amide bonds. The predicted molar refractivity (Wildman–Crippen MR) is 116 cm³/mol. The average Bonchev–Trinajstić information content (AvgIpc) is 3.28. The minimum absolute atomic E-state index is 0.119. The van der Waals surface area contributed by atoms with E-state index in [9.17, 15) is 8.42 Å². The van der Waals surface area contributed by atoms with Gasteiger partial charge in [-0.25, -0.2) is 18.4 Å². The fourth-order valence-electron chi connectivity index (χ4n) is 4.41. The van der Waals surface area contributed by atoms with Crippen molar-refractivity contribution in [2.24, 2.45) is 0 Å². The zero-order chi connectivity index (χ0) is 21.4. The molecule has 2 saturated heterocycles. The summed E-state index contributed by atoms with van der Waals surface area (Å²) in [5.74, 6) is 2.75. The van der Waals surface area contributed by atoms with Gasteiger partial charge in [0.1, 0.15) is 11.6 Å². The van der Waals surface area contributed by atoms with Crippen LogP contribution in [0.1, 0.15) is 26.2 Å². The first-order chi connectivity index (χ1) is 15.0. The van der Waals surface area contributed by atoms with Crippen molar-refractivity contribution < 1.29 is 17.9 Å². The monoisotopic (exact) mass is 445 g/mol. The van der Waals surface area contributed by atoms with Crippen LogP contribution in [0.3, 0.4) is 0 Å². The number of hydrogen-bond donors (Lipinski definition) is 0. The molecule has 10 heteroatoms. The summed E-state index contributed by atoms with van der Waals surface area (Å²) in [5.41, 5.74) is 0. The molecule has 2 aromatic rings. The molecule has 1 atom stereocenters. The van der Waals surface area contributed by atoms with E-state index in [4.69, 9.17) is 9.47 Å². The normalized spacial score (nSPS) is 22.0. The van der Waals surface area contributed by atoms with E-state index in [2.05, 4.69) is 26.7 Å². The van der Waals surface area contributed by atoms with E-state index in [1.807, 2.05) is 6.20 Å². The van der Waals surface area contributed by atoms with Gasteiger partial charge in [0.05, 0.1) is 17.3 Å². The number of ether oxygens (including phenoxy) is 2. The van der Waals surface area contributed by atoms with Crippen molar-refractivity contribution in [1.82, 2.24) is 14.3 Å². The molecule has 5 rings (SSSR count). The van der Waals surface area contributed by atoms with E-state index >= 15 is 0 Å². The first kappa shape index (κ1) is 20.3. The first-order valence-corrected chi connectivity index (χ1v) is 12.2. The Kier molecular flexibility index (Phi) is 5.35. The number of hydrogen-bond acceptors (Lipinski definition) is 8. The molecular formula is C21H27N5O4S. The van der Waals surface area contributed by atoms with Gasteiger partial charge in [-0.2, -0.15) is 4.31 Å². The van der Waals surface area contributed by atoms with Crippen molar-refractivity contribution in [3.63, 3.8) is 0 Å². The Morgan fingerprint density at radius 2 is 1.68 bits per heavy atom. The third kappa shape index (κ3) is 3.89. The van der Waals surface area contributed by atoms with E-state index in [-0.39, 0.29) is 11.7 Å². The van der Waals surface area contributed by atoms with Crippen LogP contribution < -0.4 is 19.3 Å². The second-order valence-corrected chi connectivity index (χ2v) is 10.1. The third-order valence-corrected chi connectivity index (χ3v) is 8.16. The van der Waals surface area contributed by atoms with Crippen LogP contribution in [0.4, 0.5) is 11.6 Å². The van der Waals surface area contributed by atoms with Gasteiger partial charge in [0.25, 0.3) is 0 Å². The second-order valence-electron chi connectivity index (χ2n) is 8.18. The average molecular weight is 446 g/mol. The molecule has 4 heterocycles. The highest BCUT2D eigenvalue weighted by atomic mass is 32.2. The molecule has 0 bridgehead atoms. The van der Waals surface area contributed by atoms with Crippen LogP contribution in [-0.2, 0) is 10.0 Å². The standard InChI is InChI=1S/C21H27N5O4S/c1-16-4-2-3-7-26(16)21-14-22-20(13-23-21)24-8-10-25(11-9-24)31(27,28)17-5-6-18-19(12-17)30-15-29-18/h5-6,12-14,16H,2-4,7-11,15H2,1H3/t16-/m0/s1. The number of piperidine rings is 1. The molecule has 166 valence electrons. The Labute approximate surface area is 182 Å². The molecule has 0 spiro atoms. The van der Waals surface area contributed by atoms with Crippen LogP contribution in [0.2, 0.25) is 0 Å². The zero-order valence-electron chi connectivity index (χ0n) is 17.6. The Hall–Kier alpha value is -2.59. The van der Waals surface area contributed by atoms with E-state index < -0.39 is 10.0 Å². The maximum absolute atomic E-state index is 13.1. The molecule has 0 unspecified atom stereocenters. The summed E-state index contributed by atoms with van der Waals surface area (Å²) in [6.45, 7) is 5.29. The molecule has 3 aliphatic rings. The SMILES string of the molecule is C[C@H]1CCCCN1c1cnc(N2CCN(S(=O)(=O)c3ccc4c(c3)OCO4)CC2)cn1. The highest BCUT2D eigenvalue weighted by Gasteiger charge is 2.30. The molecular weight excluding hydrogens is 418 g/mol. The lowest BCUT2D eigenvalue weighted by atomic mass is 10.0. The fourth-order valence-corrected chi connectivity index (χ4v) is 5.85. The van der Waals surface area contributed by atoms with Crippen LogP contribution in [0.5, 0.6) is 11.5 Å². The minimum atomic E-state index is -3.59. The van der Waals surface area contributed by atoms with Crippen LogP contribution in [-0.4, -0.2) is 68.2 Å². The smallest absolute Gasteiger partial charge is 0.243 e. The van der Waals surface area contributed by atoms with Crippen LogP contribution >= 0.6 is 0 Å². The molecule has 9 nitrogen and oxygen atoms in total. The van der Waals surface area contributed by atoms with Crippen molar-refractivity contribution in [1.29, 1.82) is 0 Å². The van der Waals surface area contributed by atoms with E-state index in [1.54, 1.807) is 18.3 Å². The summed E-state index contributed by atoms with van der Waals surface area (Å²) < 4.78 is 38.2. The van der Waals surface area contributed by atoms with Crippen molar-refractivity contribution in [2.45, 2.75) is 37.1 Å². The molecule has 3 aliphatic heterocycles. The van der Waals surface area contributed by atoms with Crippen molar-refractivity contribution in [3.8, 4) is 11.5 Å². The molecule has 31 heavy (non-hydrogen) atoms. The number of rotatable bonds is 4. The van der Waals surface area contributed by atoms with Gasteiger partial charge in [-0.05, 0) is 38.3 Å². The van der Waals surface area contributed by atoms with Gasteiger partial charge in [0.2, 0.25) is 16.8 Å². The number of anilines is 2. The molecule has 0 saturated carbocycles. The Balaban J connectivity index is 1.24. The summed E-state index contributed by atoms with van der Waals surface area (Å²) in [4.78, 5) is 13.9. The number of nitrogens with zero attached hydrogens (tertiary/aromatic N) is 5. The maximum atomic E-state index is 13.1. The topological polar surface area (TPSA) is 88.1 Å². The van der Waals surface area contributed by atoms with Crippen molar-refractivity contribution in [3.05, 3.63) is 30.6 Å². The van der Waals surface area contributed by atoms with E-state index in [0.29, 0.717) is 43.7 Å². The number of piperazine rings is 1. The number of benzene rings is 1. The Bertz CT molecular complexity index is 1040. The van der Waals surface area contributed by atoms with Gasteiger partial charge < -0.3 is 19.3 Å². The van der Waals surface area contributed by atoms with Crippen LogP contribution in [0, 0.1) is 0 Å². The van der Waals surface area contributed by atoms with Gasteiger partial charge >= 0.3 is 0 Å². The van der Waals surface area contributed by atoms with Crippen molar-refractivity contribution >= 4 is 21.7 Å². The summed E-state index contributed by atoms with van der Waals surface area (Å²) in [6, 6.07) is 5.24. The lowest BCUT2D eigenvalue weighted by Gasteiger charge is -2.36. The Morgan fingerprint density at radius 3 is 2.42 bits per heavy atom. The Morgan fingerprint density at radius 1 is 0.935 bits per heavy atom. The molecule has 1 aromatic carbocycles. The van der Waals surface area contributed by atoms with E-state index in [0.717, 1.165) is 18.2 Å². The molecule has 1 aromatic heterocycles. The third-order valence-electron chi connectivity index (χ3n) is 6.27. The summed E-state index contributed by atoms with van der Waals surface area (Å²) in [7, 11) is -3.59. The first-order valence-electron chi connectivity index (χ1n) is 10.8.